The quantitative estimate of drug-likeness (QED) is 0.516. The maximum Gasteiger partial charge on any atom is 0.272 e. The van der Waals surface area contributed by atoms with E-state index in [1.165, 1.54) is 16.8 Å². The zero-order valence-electron chi connectivity index (χ0n) is 8.68. The number of nitrogens with zero attached hydrogens (tertiary/aromatic N) is 1. The molecule has 4 N–H and O–H groups in total. The van der Waals surface area contributed by atoms with E-state index in [4.69, 9.17) is 9.84 Å². The van der Waals surface area contributed by atoms with E-state index in [9.17, 15) is 15.0 Å². The number of aromatic nitrogens is 1. The first-order chi connectivity index (χ1) is 8.13. The minimum absolute atomic E-state index is 0.215. The second kappa shape index (κ2) is 5.07. The van der Waals surface area contributed by atoms with Crippen LogP contribution in [-0.4, -0.2) is 57.4 Å². The summed E-state index contributed by atoms with van der Waals surface area (Å²) in [6.45, 7) is -0.429. The van der Waals surface area contributed by atoms with Crippen molar-refractivity contribution in [3.8, 4) is 0 Å². The fraction of sp³-hybridized carbons (Fsp3) is 0.556. The van der Waals surface area contributed by atoms with Gasteiger partial charge in [0.05, 0.1) is 12.1 Å². The number of amides is 1. The van der Waals surface area contributed by atoms with Crippen molar-refractivity contribution in [1.82, 2.24) is 10.3 Å². The number of thiazole rings is 1. The van der Waals surface area contributed by atoms with Gasteiger partial charge in [-0.15, -0.1) is 11.3 Å². The number of carbonyl (C=O) groups excluding carboxylic acids is 1. The van der Waals surface area contributed by atoms with Crippen LogP contribution in [0, 0.1) is 0 Å². The third-order valence-corrected chi connectivity index (χ3v) is 3.07. The molecule has 1 saturated heterocycles. The standard InChI is InChI=1S/C9H12N2O5S/c12-1-5-6(13)7(14)9(16-5)11-8(15)4-2-17-3-10-4/h2-3,5-7,9,12-14H,1H2,(H,11,15)/t5-,6-,7-,9?/m1/s1. The number of ether oxygens (including phenoxy) is 1. The highest BCUT2D eigenvalue weighted by atomic mass is 32.1. The van der Waals surface area contributed by atoms with Gasteiger partial charge in [0.2, 0.25) is 0 Å². The first-order valence-electron chi connectivity index (χ1n) is 4.95. The highest BCUT2D eigenvalue weighted by Crippen LogP contribution is 2.19. The number of rotatable bonds is 3. The Balaban J connectivity index is 1.98. The molecular formula is C9H12N2O5S. The highest BCUT2D eigenvalue weighted by molar-refractivity contribution is 7.07. The van der Waals surface area contributed by atoms with Crippen molar-refractivity contribution in [2.75, 3.05) is 6.61 Å². The van der Waals surface area contributed by atoms with Gasteiger partial charge in [-0.05, 0) is 0 Å². The van der Waals surface area contributed by atoms with Crippen LogP contribution in [0.2, 0.25) is 0 Å². The molecule has 0 aliphatic carbocycles. The van der Waals surface area contributed by atoms with E-state index in [-0.39, 0.29) is 5.69 Å². The molecule has 94 valence electrons. The summed E-state index contributed by atoms with van der Waals surface area (Å²) in [6, 6.07) is 0. The zero-order valence-corrected chi connectivity index (χ0v) is 9.50. The van der Waals surface area contributed by atoms with Gasteiger partial charge >= 0.3 is 0 Å². The molecule has 2 rings (SSSR count). The Hall–Kier alpha value is -1.06. The second-order valence-corrected chi connectivity index (χ2v) is 4.32. The Morgan fingerprint density at radius 3 is 2.82 bits per heavy atom. The predicted octanol–water partition coefficient (Wildman–Crippen LogP) is -1.69. The van der Waals surface area contributed by atoms with Gasteiger partial charge < -0.3 is 25.4 Å². The second-order valence-electron chi connectivity index (χ2n) is 3.61. The summed E-state index contributed by atoms with van der Waals surface area (Å²) in [7, 11) is 0. The molecule has 1 aliphatic rings. The molecule has 8 heteroatoms. The monoisotopic (exact) mass is 260 g/mol. The van der Waals surface area contributed by atoms with Crippen molar-refractivity contribution in [2.24, 2.45) is 0 Å². The Labute approximate surface area is 101 Å². The van der Waals surface area contributed by atoms with Crippen LogP contribution in [0.3, 0.4) is 0 Å². The van der Waals surface area contributed by atoms with Crippen LogP contribution >= 0.6 is 11.3 Å². The third kappa shape index (κ3) is 2.45. The van der Waals surface area contributed by atoms with Gasteiger partial charge in [-0.2, -0.15) is 0 Å². The SMILES string of the molecule is O=C(NC1O[C@H](CO)[C@@H](O)[C@H]1O)c1cscn1. The number of aliphatic hydroxyl groups excluding tert-OH is 3. The summed E-state index contributed by atoms with van der Waals surface area (Å²) in [5.74, 6) is -0.499. The van der Waals surface area contributed by atoms with Crippen LogP contribution < -0.4 is 5.32 Å². The number of hydrogen-bond donors (Lipinski definition) is 4. The molecule has 0 radical (unpaired) electrons. The summed E-state index contributed by atoms with van der Waals surface area (Å²) in [4.78, 5) is 15.4. The molecule has 1 aliphatic heterocycles. The Morgan fingerprint density at radius 2 is 2.29 bits per heavy atom. The molecule has 0 spiro atoms. The number of aliphatic hydroxyl groups is 3. The number of hydrogen-bond acceptors (Lipinski definition) is 7. The smallest absolute Gasteiger partial charge is 0.272 e. The highest BCUT2D eigenvalue weighted by Gasteiger charge is 2.43. The Bertz CT molecular complexity index is 385. The predicted molar refractivity (Wildman–Crippen MR) is 57.3 cm³/mol. The molecule has 0 saturated carbocycles. The lowest BCUT2D eigenvalue weighted by Crippen LogP contribution is -2.43. The zero-order chi connectivity index (χ0) is 12.4. The Morgan fingerprint density at radius 1 is 1.53 bits per heavy atom. The van der Waals surface area contributed by atoms with Crippen molar-refractivity contribution in [3.63, 3.8) is 0 Å². The van der Waals surface area contributed by atoms with Crippen LogP contribution in [0.1, 0.15) is 10.5 Å². The molecule has 1 amide bonds. The summed E-state index contributed by atoms with van der Waals surface area (Å²) in [6.07, 6.45) is -4.43. The fourth-order valence-corrected chi connectivity index (χ4v) is 2.08. The van der Waals surface area contributed by atoms with E-state index in [0.717, 1.165) is 0 Å². The van der Waals surface area contributed by atoms with E-state index in [2.05, 4.69) is 10.3 Å². The molecule has 1 aromatic rings. The van der Waals surface area contributed by atoms with Gasteiger partial charge in [0.25, 0.3) is 5.91 Å². The first-order valence-corrected chi connectivity index (χ1v) is 5.89. The van der Waals surface area contributed by atoms with E-state index in [1.807, 2.05) is 0 Å². The van der Waals surface area contributed by atoms with Gasteiger partial charge in [0.15, 0.2) is 6.23 Å². The first kappa shape index (κ1) is 12.4. The van der Waals surface area contributed by atoms with Crippen LogP contribution in [0.5, 0.6) is 0 Å². The van der Waals surface area contributed by atoms with E-state index < -0.39 is 37.1 Å². The molecule has 2 heterocycles. The summed E-state index contributed by atoms with van der Waals surface area (Å²) >= 11 is 1.27. The fourth-order valence-electron chi connectivity index (χ4n) is 1.55. The van der Waals surface area contributed by atoms with E-state index in [0.29, 0.717) is 0 Å². The molecule has 0 aromatic carbocycles. The molecule has 1 aromatic heterocycles. The van der Waals surface area contributed by atoms with Crippen LogP contribution in [0.15, 0.2) is 10.9 Å². The summed E-state index contributed by atoms with van der Waals surface area (Å²) in [5.41, 5.74) is 1.72. The van der Waals surface area contributed by atoms with E-state index in [1.54, 1.807) is 5.38 Å². The molecule has 0 bridgehead atoms. The van der Waals surface area contributed by atoms with Gasteiger partial charge in [-0.3, -0.25) is 4.79 Å². The van der Waals surface area contributed by atoms with Crippen LogP contribution in [-0.2, 0) is 4.74 Å². The van der Waals surface area contributed by atoms with Crippen LogP contribution in [0.25, 0.3) is 0 Å². The van der Waals surface area contributed by atoms with Gasteiger partial charge in [-0.1, -0.05) is 0 Å². The molecule has 1 unspecified atom stereocenters. The van der Waals surface area contributed by atoms with Gasteiger partial charge in [-0.25, -0.2) is 4.98 Å². The van der Waals surface area contributed by atoms with Gasteiger partial charge in [0.1, 0.15) is 24.0 Å². The largest absolute Gasteiger partial charge is 0.394 e. The number of nitrogens with one attached hydrogen (secondary N) is 1. The molecule has 7 nitrogen and oxygen atoms in total. The summed E-state index contributed by atoms with van der Waals surface area (Å²) < 4.78 is 5.10. The summed E-state index contributed by atoms with van der Waals surface area (Å²) in [5, 5.41) is 31.9. The molecule has 4 atom stereocenters. The molecular weight excluding hydrogens is 248 g/mol. The molecule has 17 heavy (non-hydrogen) atoms. The third-order valence-electron chi connectivity index (χ3n) is 2.48. The normalized spacial score (nSPS) is 32.6. The number of carbonyl (C=O) groups is 1. The average Bonchev–Trinajstić information content (AvgIpc) is 2.93. The average molecular weight is 260 g/mol. The lowest BCUT2D eigenvalue weighted by atomic mass is 10.1. The minimum atomic E-state index is -1.27. The van der Waals surface area contributed by atoms with Crippen molar-refractivity contribution in [2.45, 2.75) is 24.5 Å². The lowest BCUT2D eigenvalue weighted by Gasteiger charge is -2.15. The Kier molecular flexibility index (Phi) is 3.69. The van der Waals surface area contributed by atoms with Crippen molar-refractivity contribution in [3.05, 3.63) is 16.6 Å². The van der Waals surface area contributed by atoms with Gasteiger partial charge in [0, 0.05) is 5.38 Å². The van der Waals surface area contributed by atoms with Crippen LogP contribution in [0.4, 0.5) is 0 Å². The van der Waals surface area contributed by atoms with Crippen molar-refractivity contribution < 1.29 is 24.9 Å². The van der Waals surface area contributed by atoms with Crippen molar-refractivity contribution in [1.29, 1.82) is 0 Å². The lowest BCUT2D eigenvalue weighted by molar-refractivity contribution is -0.0304. The maximum absolute atomic E-state index is 11.6. The van der Waals surface area contributed by atoms with Crippen molar-refractivity contribution >= 4 is 17.2 Å². The maximum atomic E-state index is 11.6. The molecule has 1 fully saturated rings. The minimum Gasteiger partial charge on any atom is -0.394 e. The van der Waals surface area contributed by atoms with E-state index >= 15 is 0 Å². The topological polar surface area (TPSA) is 112 Å².